The Morgan fingerprint density at radius 3 is 2.83 bits per heavy atom. The van der Waals surface area contributed by atoms with Crippen molar-refractivity contribution >= 4 is 0 Å². The number of hydrogen-bond donors (Lipinski definition) is 0. The van der Waals surface area contributed by atoms with Crippen molar-refractivity contribution in [2.45, 2.75) is 32.7 Å². The summed E-state index contributed by atoms with van der Waals surface area (Å²) in [6, 6.07) is 9.37. The number of aromatic nitrogens is 1. The fraction of sp³-hybridized carbons (Fsp3) is 0.312. The Balaban J connectivity index is 2.06. The fourth-order valence-corrected chi connectivity index (χ4v) is 2.89. The maximum atomic E-state index is 9.05. The van der Waals surface area contributed by atoms with Crippen LogP contribution in [0.3, 0.4) is 0 Å². The lowest BCUT2D eigenvalue weighted by Gasteiger charge is -2.14. The van der Waals surface area contributed by atoms with Crippen molar-refractivity contribution in [1.82, 2.24) is 4.57 Å². The van der Waals surface area contributed by atoms with Crippen LogP contribution in [0.25, 0.3) is 0 Å². The Kier molecular flexibility index (Phi) is 2.48. The first-order valence-electron chi connectivity index (χ1n) is 6.36. The second kappa shape index (κ2) is 4.03. The molecule has 0 spiro atoms. The van der Waals surface area contributed by atoms with E-state index >= 15 is 0 Å². The number of hydrogen-bond acceptors (Lipinski definition) is 1. The Bertz CT molecular complexity index is 644. The Morgan fingerprint density at radius 1 is 1.28 bits per heavy atom. The molecule has 1 atom stereocenters. The van der Waals surface area contributed by atoms with Gasteiger partial charge in [-0.25, -0.2) is 0 Å². The topological polar surface area (TPSA) is 28.7 Å². The molecule has 1 unspecified atom stereocenters. The van der Waals surface area contributed by atoms with Gasteiger partial charge in [-0.3, -0.25) is 0 Å². The van der Waals surface area contributed by atoms with Gasteiger partial charge in [0.05, 0.1) is 11.6 Å². The molecule has 0 bridgehead atoms. The molecule has 1 heterocycles. The highest BCUT2D eigenvalue weighted by Gasteiger charge is 2.24. The van der Waals surface area contributed by atoms with E-state index in [0.717, 1.165) is 24.0 Å². The van der Waals surface area contributed by atoms with E-state index in [-0.39, 0.29) is 0 Å². The molecule has 3 rings (SSSR count). The number of nitriles is 1. The molecular weight excluding hydrogens is 220 g/mol. The summed E-state index contributed by atoms with van der Waals surface area (Å²) in [4.78, 5) is 0. The maximum absolute atomic E-state index is 9.05. The minimum absolute atomic E-state index is 0.403. The molecule has 0 amide bonds. The third-order valence-corrected chi connectivity index (χ3v) is 3.87. The van der Waals surface area contributed by atoms with E-state index < -0.39 is 0 Å². The van der Waals surface area contributed by atoms with Gasteiger partial charge in [0, 0.05) is 12.4 Å². The number of aryl methyl sites for hydroxylation is 3. The van der Waals surface area contributed by atoms with E-state index in [1.54, 1.807) is 0 Å². The zero-order chi connectivity index (χ0) is 12.7. The third-order valence-electron chi connectivity index (χ3n) is 3.87. The van der Waals surface area contributed by atoms with Gasteiger partial charge in [-0.05, 0) is 43.4 Å². The molecule has 0 saturated heterocycles. The average Bonchev–Trinajstić information content (AvgIpc) is 2.91. The SMILES string of the molecule is Cc1ccc2c(c1)C(n1cc(C)c(C#N)c1)CC2. The smallest absolute Gasteiger partial charge is 0.101 e. The van der Waals surface area contributed by atoms with Crippen molar-refractivity contribution in [2.24, 2.45) is 0 Å². The number of benzene rings is 1. The zero-order valence-corrected chi connectivity index (χ0v) is 10.8. The van der Waals surface area contributed by atoms with Crippen LogP contribution in [0, 0.1) is 25.2 Å². The minimum Gasteiger partial charge on any atom is -0.345 e. The Hall–Kier alpha value is -2.01. The van der Waals surface area contributed by atoms with Crippen LogP contribution in [0.15, 0.2) is 30.6 Å². The van der Waals surface area contributed by atoms with E-state index in [0.29, 0.717) is 6.04 Å². The van der Waals surface area contributed by atoms with Gasteiger partial charge in [-0.2, -0.15) is 5.26 Å². The highest BCUT2D eigenvalue weighted by atomic mass is 15.0. The fourth-order valence-electron chi connectivity index (χ4n) is 2.89. The first kappa shape index (κ1) is 11.1. The molecule has 0 aliphatic heterocycles. The quantitative estimate of drug-likeness (QED) is 0.744. The van der Waals surface area contributed by atoms with Gasteiger partial charge in [-0.1, -0.05) is 23.8 Å². The monoisotopic (exact) mass is 236 g/mol. The van der Waals surface area contributed by atoms with E-state index in [1.165, 1.54) is 16.7 Å². The van der Waals surface area contributed by atoms with Crippen LogP contribution in [0.1, 0.15) is 40.3 Å². The molecule has 2 aromatic rings. The first-order valence-corrected chi connectivity index (χ1v) is 6.36. The first-order chi connectivity index (χ1) is 8.69. The molecule has 18 heavy (non-hydrogen) atoms. The summed E-state index contributed by atoms with van der Waals surface area (Å²) in [6.45, 7) is 4.14. The summed E-state index contributed by atoms with van der Waals surface area (Å²) in [5.41, 5.74) is 6.05. The van der Waals surface area contributed by atoms with Crippen LogP contribution in [0.5, 0.6) is 0 Å². The molecular formula is C16H16N2. The van der Waals surface area contributed by atoms with Gasteiger partial charge in [0.1, 0.15) is 6.07 Å². The lowest BCUT2D eigenvalue weighted by molar-refractivity contribution is 0.582. The molecule has 0 radical (unpaired) electrons. The summed E-state index contributed by atoms with van der Waals surface area (Å²) in [5, 5.41) is 9.05. The zero-order valence-electron chi connectivity index (χ0n) is 10.8. The van der Waals surface area contributed by atoms with E-state index in [2.05, 4.69) is 42.0 Å². The highest BCUT2D eigenvalue weighted by Crippen LogP contribution is 2.35. The summed E-state index contributed by atoms with van der Waals surface area (Å²) >= 11 is 0. The Morgan fingerprint density at radius 2 is 2.11 bits per heavy atom. The molecule has 0 N–H and O–H groups in total. The highest BCUT2D eigenvalue weighted by molar-refractivity contribution is 5.41. The number of nitrogens with zero attached hydrogens (tertiary/aromatic N) is 2. The van der Waals surface area contributed by atoms with Crippen molar-refractivity contribution in [1.29, 1.82) is 5.26 Å². The maximum Gasteiger partial charge on any atom is 0.101 e. The van der Waals surface area contributed by atoms with Gasteiger partial charge in [-0.15, -0.1) is 0 Å². The van der Waals surface area contributed by atoms with Crippen molar-refractivity contribution in [3.63, 3.8) is 0 Å². The van der Waals surface area contributed by atoms with Crippen molar-refractivity contribution in [2.75, 3.05) is 0 Å². The predicted molar refractivity (Wildman–Crippen MR) is 71.5 cm³/mol. The second-order valence-corrected chi connectivity index (χ2v) is 5.17. The minimum atomic E-state index is 0.403. The van der Waals surface area contributed by atoms with Crippen molar-refractivity contribution in [3.8, 4) is 6.07 Å². The van der Waals surface area contributed by atoms with Crippen LogP contribution >= 0.6 is 0 Å². The van der Waals surface area contributed by atoms with Gasteiger partial charge < -0.3 is 4.57 Å². The third kappa shape index (κ3) is 1.64. The lowest BCUT2D eigenvalue weighted by Crippen LogP contribution is -2.04. The van der Waals surface area contributed by atoms with Crippen molar-refractivity contribution in [3.05, 3.63) is 58.4 Å². The summed E-state index contributed by atoms with van der Waals surface area (Å²) in [6.07, 6.45) is 6.36. The molecule has 2 nitrogen and oxygen atoms in total. The Labute approximate surface area is 107 Å². The second-order valence-electron chi connectivity index (χ2n) is 5.17. The van der Waals surface area contributed by atoms with E-state index in [1.807, 2.05) is 13.1 Å². The van der Waals surface area contributed by atoms with Gasteiger partial charge in [0.25, 0.3) is 0 Å². The largest absolute Gasteiger partial charge is 0.345 e. The summed E-state index contributed by atoms with van der Waals surface area (Å²) < 4.78 is 2.21. The summed E-state index contributed by atoms with van der Waals surface area (Å²) in [5.74, 6) is 0. The molecule has 1 aliphatic carbocycles. The van der Waals surface area contributed by atoms with Gasteiger partial charge in [0.15, 0.2) is 0 Å². The molecule has 1 aromatic carbocycles. The van der Waals surface area contributed by atoms with Crippen LogP contribution in [0.2, 0.25) is 0 Å². The van der Waals surface area contributed by atoms with Crippen LogP contribution < -0.4 is 0 Å². The number of rotatable bonds is 1. The normalized spacial score (nSPS) is 17.5. The van der Waals surface area contributed by atoms with E-state index in [9.17, 15) is 0 Å². The molecule has 2 heteroatoms. The molecule has 90 valence electrons. The molecule has 1 aliphatic rings. The van der Waals surface area contributed by atoms with Gasteiger partial charge in [0.2, 0.25) is 0 Å². The lowest BCUT2D eigenvalue weighted by atomic mass is 10.1. The van der Waals surface area contributed by atoms with Crippen LogP contribution in [-0.4, -0.2) is 4.57 Å². The average molecular weight is 236 g/mol. The van der Waals surface area contributed by atoms with E-state index in [4.69, 9.17) is 5.26 Å². The molecule has 0 saturated carbocycles. The summed E-state index contributed by atoms with van der Waals surface area (Å²) in [7, 11) is 0. The predicted octanol–water partition coefficient (Wildman–Crippen LogP) is 3.51. The number of fused-ring (bicyclic) bond motifs is 1. The van der Waals surface area contributed by atoms with Gasteiger partial charge >= 0.3 is 0 Å². The molecule has 0 fully saturated rings. The van der Waals surface area contributed by atoms with Crippen LogP contribution in [-0.2, 0) is 6.42 Å². The molecule has 1 aromatic heterocycles. The van der Waals surface area contributed by atoms with Crippen LogP contribution in [0.4, 0.5) is 0 Å². The standard InChI is InChI=1S/C16H16N2/c1-11-3-4-13-5-6-16(15(13)7-11)18-9-12(2)14(8-17)10-18/h3-4,7,9-10,16H,5-6H2,1-2H3. The van der Waals surface area contributed by atoms with Crippen molar-refractivity contribution < 1.29 is 0 Å².